The fraction of sp³-hybridized carbons (Fsp3) is 0.273. The number of halogens is 3. The van der Waals surface area contributed by atoms with Crippen LogP contribution in [0, 0.1) is 0 Å². The van der Waals surface area contributed by atoms with Gasteiger partial charge in [0.25, 0.3) is 0 Å². The standard InChI is InChI=1S/C11H11F3N4/c1-18-9(6-16-17-18)10(15)7-4-2-3-5-8(7)11(12,13)14/h2-6,10H,15H2,1H3. The zero-order valence-electron chi connectivity index (χ0n) is 9.52. The van der Waals surface area contributed by atoms with Crippen LogP contribution in [0.25, 0.3) is 0 Å². The number of aromatic nitrogens is 3. The van der Waals surface area contributed by atoms with E-state index < -0.39 is 17.8 Å². The molecule has 1 heterocycles. The van der Waals surface area contributed by atoms with Crippen LogP contribution in [0.1, 0.15) is 22.9 Å². The van der Waals surface area contributed by atoms with E-state index in [0.29, 0.717) is 5.69 Å². The molecule has 7 heteroatoms. The molecular formula is C11H11F3N4. The quantitative estimate of drug-likeness (QED) is 0.892. The minimum Gasteiger partial charge on any atom is -0.319 e. The molecule has 18 heavy (non-hydrogen) atoms. The van der Waals surface area contributed by atoms with Crippen LogP contribution in [-0.2, 0) is 13.2 Å². The third-order valence-corrected chi connectivity index (χ3v) is 2.67. The van der Waals surface area contributed by atoms with Crippen molar-refractivity contribution in [3.63, 3.8) is 0 Å². The third kappa shape index (κ3) is 2.21. The summed E-state index contributed by atoms with van der Waals surface area (Å²) in [5.74, 6) is 0. The molecule has 0 radical (unpaired) electrons. The van der Waals surface area contributed by atoms with E-state index in [1.54, 1.807) is 7.05 Å². The molecule has 4 nitrogen and oxygen atoms in total. The number of hydrogen-bond acceptors (Lipinski definition) is 3. The Labute approximate surface area is 101 Å². The molecule has 1 aromatic carbocycles. The summed E-state index contributed by atoms with van der Waals surface area (Å²) in [5.41, 5.74) is 5.55. The van der Waals surface area contributed by atoms with E-state index in [1.807, 2.05) is 0 Å². The Morgan fingerprint density at radius 2 is 1.94 bits per heavy atom. The zero-order chi connectivity index (χ0) is 13.3. The molecule has 0 fully saturated rings. The lowest BCUT2D eigenvalue weighted by Gasteiger charge is -2.17. The lowest BCUT2D eigenvalue weighted by atomic mass is 9.98. The SMILES string of the molecule is Cn1nncc1C(N)c1ccccc1C(F)(F)F. The van der Waals surface area contributed by atoms with E-state index in [2.05, 4.69) is 10.3 Å². The summed E-state index contributed by atoms with van der Waals surface area (Å²) in [7, 11) is 1.58. The Bertz CT molecular complexity index is 547. The van der Waals surface area contributed by atoms with E-state index in [9.17, 15) is 13.2 Å². The van der Waals surface area contributed by atoms with Gasteiger partial charge in [0.15, 0.2) is 0 Å². The highest BCUT2D eigenvalue weighted by molar-refractivity contribution is 5.36. The first-order valence-corrected chi connectivity index (χ1v) is 5.17. The highest BCUT2D eigenvalue weighted by Gasteiger charge is 2.35. The van der Waals surface area contributed by atoms with Gasteiger partial charge in [-0.1, -0.05) is 23.4 Å². The summed E-state index contributed by atoms with van der Waals surface area (Å²) in [5, 5.41) is 7.27. The molecule has 0 saturated carbocycles. The first kappa shape index (κ1) is 12.6. The first-order valence-electron chi connectivity index (χ1n) is 5.17. The lowest BCUT2D eigenvalue weighted by Crippen LogP contribution is -2.20. The van der Waals surface area contributed by atoms with Crippen LogP contribution >= 0.6 is 0 Å². The van der Waals surface area contributed by atoms with Gasteiger partial charge >= 0.3 is 6.18 Å². The lowest BCUT2D eigenvalue weighted by molar-refractivity contribution is -0.138. The van der Waals surface area contributed by atoms with Gasteiger partial charge in [0.2, 0.25) is 0 Å². The molecule has 0 spiro atoms. The van der Waals surface area contributed by atoms with E-state index in [-0.39, 0.29) is 5.56 Å². The second-order valence-corrected chi connectivity index (χ2v) is 3.85. The number of nitrogens with zero attached hydrogens (tertiary/aromatic N) is 3. The van der Waals surface area contributed by atoms with Gasteiger partial charge in [-0.25, -0.2) is 0 Å². The topological polar surface area (TPSA) is 56.7 Å². The minimum absolute atomic E-state index is 0.00963. The van der Waals surface area contributed by atoms with Gasteiger partial charge in [-0.15, -0.1) is 5.10 Å². The number of alkyl halides is 3. The van der Waals surface area contributed by atoms with Crippen LogP contribution in [0.2, 0.25) is 0 Å². The molecule has 2 N–H and O–H groups in total. The van der Waals surface area contributed by atoms with Gasteiger partial charge in [-0.2, -0.15) is 13.2 Å². The van der Waals surface area contributed by atoms with E-state index in [0.717, 1.165) is 6.07 Å². The fourth-order valence-electron chi connectivity index (χ4n) is 1.76. The second-order valence-electron chi connectivity index (χ2n) is 3.85. The fourth-order valence-corrected chi connectivity index (χ4v) is 1.76. The molecule has 0 bridgehead atoms. The maximum atomic E-state index is 12.9. The highest BCUT2D eigenvalue weighted by Crippen LogP contribution is 2.35. The molecule has 2 aromatic rings. The Balaban J connectivity index is 2.49. The third-order valence-electron chi connectivity index (χ3n) is 2.67. The summed E-state index contributed by atoms with van der Waals surface area (Å²) in [4.78, 5) is 0. The maximum absolute atomic E-state index is 12.9. The largest absolute Gasteiger partial charge is 0.416 e. The molecule has 2 rings (SSSR count). The minimum atomic E-state index is -4.43. The number of hydrogen-bond donors (Lipinski definition) is 1. The molecule has 96 valence electrons. The monoisotopic (exact) mass is 256 g/mol. The smallest absolute Gasteiger partial charge is 0.319 e. The van der Waals surface area contributed by atoms with Crippen LogP contribution in [0.3, 0.4) is 0 Å². The maximum Gasteiger partial charge on any atom is 0.416 e. The van der Waals surface area contributed by atoms with Crippen LogP contribution in [0.4, 0.5) is 13.2 Å². The summed E-state index contributed by atoms with van der Waals surface area (Å²) in [6.07, 6.45) is -3.07. The Hall–Kier alpha value is -1.89. The average Bonchev–Trinajstić information content (AvgIpc) is 2.73. The summed E-state index contributed by atoms with van der Waals surface area (Å²) in [6, 6.07) is 4.32. The molecule has 1 atom stereocenters. The number of aryl methyl sites for hydroxylation is 1. The van der Waals surface area contributed by atoms with Crippen molar-refractivity contribution in [2.45, 2.75) is 12.2 Å². The summed E-state index contributed by atoms with van der Waals surface area (Å²) < 4.78 is 39.9. The van der Waals surface area contributed by atoms with Crippen molar-refractivity contribution in [1.82, 2.24) is 15.0 Å². The van der Waals surface area contributed by atoms with Gasteiger partial charge in [0, 0.05) is 7.05 Å². The van der Waals surface area contributed by atoms with Crippen molar-refractivity contribution < 1.29 is 13.2 Å². The van der Waals surface area contributed by atoms with Gasteiger partial charge in [-0.3, -0.25) is 4.68 Å². The van der Waals surface area contributed by atoms with Crippen molar-refractivity contribution in [2.24, 2.45) is 12.8 Å². The molecule has 0 amide bonds. The van der Waals surface area contributed by atoms with Crippen molar-refractivity contribution in [3.05, 3.63) is 47.3 Å². The molecule has 0 aliphatic carbocycles. The van der Waals surface area contributed by atoms with Crippen molar-refractivity contribution in [3.8, 4) is 0 Å². The molecule has 1 unspecified atom stereocenters. The van der Waals surface area contributed by atoms with Gasteiger partial charge in [-0.05, 0) is 11.6 Å². The summed E-state index contributed by atoms with van der Waals surface area (Å²) >= 11 is 0. The second kappa shape index (κ2) is 4.41. The van der Waals surface area contributed by atoms with E-state index in [4.69, 9.17) is 5.73 Å². The average molecular weight is 256 g/mol. The number of benzene rings is 1. The van der Waals surface area contributed by atoms with E-state index in [1.165, 1.54) is 29.1 Å². The Morgan fingerprint density at radius 3 is 2.50 bits per heavy atom. The zero-order valence-corrected chi connectivity index (χ0v) is 9.52. The van der Waals surface area contributed by atoms with E-state index >= 15 is 0 Å². The predicted molar refractivity (Wildman–Crippen MR) is 58.5 cm³/mol. The van der Waals surface area contributed by atoms with Crippen LogP contribution < -0.4 is 5.73 Å². The van der Waals surface area contributed by atoms with Crippen molar-refractivity contribution >= 4 is 0 Å². The molecule has 0 aliphatic heterocycles. The van der Waals surface area contributed by atoms with Crippen LogP contribution in [-0.4, -0.2) is 15.0 Å². The van der Waals surface area contributed by atoms with Crippen molar-refractivity contribution in [2.75, 3.05) is 0 Å². The number of nitrogens with two attached hydrogens (primary N) is 1. The first-order chi connectivity index (χ1) is 8.41. The molecule has 0 saturated heterocycles. The summed E-state index contributed by atoms with van der Waals surface area (Å²) in [6.45, 7) is 0. The Morgan fingerprint density at radius 1 is 1.28 bits per heavy atom. The van der Waals surface area contributed by atoms with Gasteiger partial charge in [0.1, 0.15) is 0 Å². The van der Waals surface area contributed by atoms with Crippen LogP contribution in [0.5, 0.6) is 0 Å². The molecule has 0 aliphatic rings. The molecule has 1 aromatic heterocycles. The molecular weight excluding hydrogens is 245 g/mol. The van der Waals surface area contributed by atoms with Crippen molar-refractivity contribution in [1.29, 1.82) is 0 Å². The Kier molecular flexibility index (Phi) is 3.08. The predicted octanol–water partition coefficient (Wildman–Crippen LogP) is 1.88. The number of rotatable bonds is 2. The van der Waals surface area contributed by atoms with Gasteiger partial charge < -0.3 is 5.73 Å². The normalized spacial score (nSPS) is 13.6. The van der Waals surface area contributed by atoms with Gasteiger partial charge in [0.05, 0.1) is 23.5 Å². The van der Waals surface area contributed by atoms with Crippen LogP contribution in [0.15, 0.2) is 30.5 Å². The highest BCUT2D eigenvalue weighted by atomic mass is 19.4.